The molecule has 0 spiro atoms. The van der Waals surface area contributed by atoms with Gasteiger partial charge in [0.1, 0.15) is 11.6 Å². The van der Waals surface area contributed by atoms with Gasteiger partial charge in [0.2, 0.25) is 0 Å². The van der Waals surface area contributed by atoms with Crippen molar-refractivity contribution in [2.24, 2.45) is 4.40 Å². The smallest absolute Gasteiger partial charge is 0.257 e. The molecule has 0 bridgehead atoms. The van der Waals surface area contributed by atoms with Crippen molar-refractivity contribution in [2.45, 2.75) is 31.8 Å². The van der Waals surface area contributed by atoms with Crippen molar-refractivity contribution in [2.75, 3.05) is 17.6 Å². The molecule has 1 aliphatic carbocycles. The molecule has 27 heavy (non-hydrogen) atoms. The van der Waals surface area contributed by atoms with Crippen LogP contribution in [0.3, 0.4) is 0 Å². The molecule has 1 N–H and O–H groups in total. The van der Waals surface area contributed by atoms with Crippen molar-refractivity contribution in [1.29, 1.82) is 0 Å². The number of anilines is 1. The third-order valence-corrected chi connectivity index (χ3v) is 5.97. The summed E-state index contributed by atoms with van der Waals surface area (Å²) in [5.41, 5.74) is 1.12. The van der Waals surface area contributed by atoms with Crippen LogP contribution in [-0.2, 0) is 14.8 Å². The Bertz CT molecular complexity index is 926. The molecule has 0 aromatic heterocycles. The number of ether oxygens (including phenoxy) is 1. The number of amides is 1. The summed E-state index contributed by atoms with van der Waals surface area (Å²) in [5, 5.41) is 2.85. The molecular formula is C19H21N3O4S. The van der Waals surface area contributed by atoms with Crippen molar-refractivity contribution in [3.05, 3.63) is 48.2 Å². The maximum absolute atomic E-state index is 12.5. The SMILES string of the molecule is O=C(Nc1ccc(OC2CCCC2)cc1)C1=CN2CCS(=O)(=O)N=C2C=C1. The first kappa shape index (κ1) is 17.8. The molecule has 1 fully saturated rings. The van der Waals surface area contributed by atoms with Crippen LogP contribution in [0.25, 0.3) is 0 Å². The predicted molar refractivity (Wildman–Crippen MR) is 103 cm³/mol. The zero-order chi connectivity index (χ0) is 18.9. The zero-order valence-electron chi connectivity index (χ0n) is 14.8. The van der Waals surface area contributed by atoms with E-state index in [1.54, 1.807) is 23.3 Å². The van der Waals surface area contributed by atoms with Crippen LogP contribution >= 0.6 is 0 Å². The average molecular weight is 387 g/mol. The summed E-state index contributed by atoms with van der Waals surface area (Å²) in [7, 11) is -3.40. The lowest BCUT2D eigenvalue weighted by molar-refractivity contribution is -0.112. The van der Waals surface area contributed by atoms with Gasteiger partial charge in [-0.3, -0.25) is 4.79 Å². The van der Waals surface area contributed by atoms with Gasteiger partial charge in [-0.1, -0.05) is 0 Å². The molecule has 8 heteroatoms. The van der Waals surface area contributed by atoms with E-state index in [1.165, 1.54) is 12.8 Å². The maximum Gasteiger partial charge on any atom is 0.257 e. The second-order valence-electron chi connectivity index (χ2n) is 6.85. The Kier molecular flexibility index (Phi) is 4.73. The molecule has 7 nitrogen and oxygen atoms in total. The van der Waals surface area contributed by atoms with Gasteiger partial charge in [-0.05, 0) is 62.1 Å². The summed E-state index contributed by atoms with van der Waals surface area (Å²) in [6.45, 7) is 0.287. The lowest BCUT2D eigenvalue weighted by Gasteiger charge is -2.26. The second-order valence-corrected chi connectivity index (χ2v) is 8.60. The second kappa shape index (κ2) is 7.19. The Morgan fingerprint density at radius 1 is 1.15 bits per heavy atom. The number of carbonyl (C=O) groups is 1. The first-order valence-electron chi connectivity index (χ1n) is 9.06. The van der Waals surface area contributed by atoms with Gasteiger partial charge in [-0.25, -0.2) is 8.42 Å². The molecule has 0 radical (unpaired) electrons. The lowest BCUT2D eigenvalue weighted by Crippen LogP contribution is -2.37. The number of nitrogens with one attached hydrogen (secondary N) is 1. The van der Waals surface area contributed by atoms with Crippen molar-refractivity contribution in [3.8, 4) is 5.75 Å². The molecule has 4 rings (SSSR count). The highest BCUT2D eigenvalue weighted by molar-refractivity contribution is 7.90. The van der Waals surface area contributed by atoms with E-state index in [1.807, 2.05) is 24.3 Å². The number of amidine groups is 1. The summed E-state index contributed by atoms with van der Waals surface area (Å²) in [5.74, 6) is 0.833. The summed E-state index contributed by atoms with van der Waals surface area (Å²) < 4.78 is 32.7. The summed E-state index contributed by atoms with van der Waals surface area (Å²) >= 11 is 0. The van der Waals surface area contributed by atoms with Crippen LogP contribution in [0.4, 0.5) is 5.69 Å². The van der Waals surface area contributed by atoms with Gasteiger partial charge in [-0.15, -0.1) is 4.40 Å². The van der Waals surface area contributed by atoms with Crippen LogP contribution in [0.2, 0.25) is 0 Å². The highest BCUT2D eigenvalue weighted by atomic mass is 32.2. The van der Waals surface area contributed by atoms with E-state index >= 15 is 0 Å². The van der Waals surface area contributed by atoms with E-state index in [9.17, 15) is 13.2 Å². The van der Waals surface area contributed by atoms with Gasteiger partial charge in [0, 0.05) is 18.4 Å². The minimum atomic E-state index is -3.40. The first-order chi connectivity index (χ1) is 13.0. The van der Waals surface area contributed by atoms with Gasteiger partial charge in [-0.2, -0.15) is 0 Å². The van der Waals surface area contributed by atoms with Gasteiger partial charge < -0.3 is 15.0 Å². The fourth-order valence-electron chi connectivity index (χ4n) is 3.35. The largest absolute Gasteiger partial charge is 0.490 e. The number of hydrogen-bond donors (Lipinski definition) is 1. The summed E-state index contributed by atoms with van der Waals surface area (Å²) in [4.78, 5) is 14.2. The number of benzene rings is 1. The van der Waals surface area contributed by atoms with Crippen molar-refractivity contribution >= 4 is 27.5 Å². The molecule has 2 heterocycles. The highest BCUT2D eigenvalue weighted by Crippen LogP contribution is 2.25. The topological polar surface area (TPSA) is 88.1 Å². The quantitative estimate of drug-likeness (QED) is 0.857. The third-order valence-electron chi connectivity index (χ3n) is 4.80. The predicted octanol–water partition coefficient (Wildman–Crippen LogP) is 2.44. The Morgan fingerprint density at radius 2 is 1.89 bits per heavy atom. The van der Waals surface area contributed by atoms with Crippen LogP contribution in [0.5, 0.6) is 5.75 Å². The van der Waals surface area contributed by atoms with Crippen LogP contribution in [-0.4, -0.2) is 43.5 Å². The van der Waals surface area contributed by atoms with Gasteiger partial charge >= 0.3 is 0 Å². The van der Waals surface area contributed by atoms with E-state index in [0.717, 1.165) is 18.6 Å². The number of nitrogens with zero attached hydrogens (tertiary/aromatic N) is 2. The summed E-state index contributed by atoms with van der Waals surface area (Å²) in [6, 6.07) is 7.35. The highest BCUT2D eigenvalue weighted by Gasteiger charge is 2.25. The minimum Gasteiger partial charge on any atom is -0.490 e. The van der Waals surface area contributed by atoms with Crippen LogP contribution in [0.15, 0.2) is 52.6 Å². The van der Waals surface area contributed by atoms with Crippen LogP contribution in [0.1, 0.15) is 25.7 Å². The molecule has 1 aromatic carbocycles. The lowest BCUT2D eigenvalue weighted by atomic mass is 10.1. The Balaban J connectivity index is 1.39. The third kappa shape index (κ3) is 4.21. The summed E-state index contributed by atoms with van der Waals surface area (Å²) in [6.07, 6.45) is 9.68. The molecule has 2 aliphatic heterocycles. The number of sulfonamides is 1. The number of carbonyl (C=O) groups excluding carboxylic acids is 1. The van der Waals surface area contributed by atoms with Crippen LogP contribution in [0, 0.1) is 0 Å². The van der Waals surface area contributed by atoms with Crippen molar-refractivity contribution in [1.82, 2.24) is 4.90 Å². The maximum atomic E-state index is 12.5. The Morgan fingerprint density at radius 3 is 2.63 bits per heavy atom. The number of rotatable bonds is 4. The molecule has 1 amide bonds. The Hall–Kier alpha value is -2.61. The van der Waals surface area contributed by atoms with Gasteiger partial charge in [0.25, 0.3) is 15.9 Å². The molecule has 3 aliphatic rings. The monoisotopic (exact) mass is 387 g/mol. The van der Waals surface area contributed by atoms with E-state index in [4.69, 9.17) is 4.74 Å². The number of hydrogen-bond acceptors (Lipinski definition) is 5. The van der Waals surface area contributed by atoms with E-state index in [2.05, 4.69) is 9.71 Å². The zero-order valence-corrected chi connectivity index (χ0v) is 15.6. The molecular weight excluding hydrogens is 366 g/mol. The number of fused-ring (bicyclic) bond motifs is 1. The fourth-order valence-corrected chi connectivity index (χ4v) is 4.32. The minimum absolute atomic E-state index is 0.0573. The Labute approximate surface area is 158 Å². The van der Waals surface area contributed by atoms with Crippen molar-refractivity contribution in [3.63, 3.8) is 0 Å². The van der Waals surface area contributed by atoms with Gasteiger partial charge in [0.15, 0.2) is 0 Å². The van der Waals surface area contributed by atoms with E-state index in [-0.39, 0.29) is 18.2 Å². The van der Waals surface area contributed by atoms with Gasteiger partial charge in [0.05, 0.1) is 17.4 Å². The molecule has 1 saturated carbocycles. The standard InChI is InChI=1S/C19H21N3O4S/c23-19(14-5-10-18-21-27(24,25)12-11-22(18)13-14)20-15-6-8-17(9-7-15)26-16-3-1-2-4-16/h5-10,13,16H,1-4,11-12H2,(H,20,23). The molecule has 1 aromatic rings. The average Bonchev–Trinajstić information content (AvgIpc) is 3.15. The first-order valence-corrected chi connectivity index (χ1v) is 10.7. The molecule has 142 valence electrons. The molecule has 0 unspecified atom stereocenters. The van der Waals surface area contributed by atoms with E-state index in [0.29, 0.717) is 23.2 Å². The van der Waals surface area contributed by atoms with E-state index < -0.39 is 10.0 Å². The van der Waals surface area contributed by atoms with Crippen LogP contribution < -0.4 is 10.1 Å². The van der Waals surface area contributed by atoms with Crippen molar-refractivity contribution < 1.29 is 17.9 Å². The molecule has 0 saturated heterocycles. The normalized spacial score (nSPS) is 21.3. The fraction of sp³-hybridized carbons (Fsp3) is 0.368. The molecule has 0 atom stereocenters.